The van der Waals surface area contributed by atoms with Gasteiger partial charge in [-0.05, 0) is 37.1 Å². The summed E-state index contributed by atoms with van der Waals surface area (Å²) in [4.78, 5) is 14.6. The van der Waals surface area contributed by atoms with Gasteiger partial charge in [-0.3, -0.25) is 4.79 Å². The average Bonchev–Trinajstić information content (AvgIpc) is 3.17. The molecule has 0 unspecified atom stereocenters. The summed E-state index contributed by atoms with van der Waals surface area (Å²) in [6.45, 7) is 0.570. The standard InChI is InChI=1S/C20H21Cl2NO4/c1-25-14-6-7-15(18(11-14)26-2)17-4-3-9-23(17)20(24)12-27-19-10-13(21)5-8-16(19)22/h5-8,10-11,17H,3-4,9,12H2,1-2H3/t17-/m1/s1. The summed E-state index contributed by atoms with van der Waals surface area (Å²) in [5, 5.41) is 0.922. The van der Waals surface area contributed by atoms with Crippen molar-refractivity contribution in [3.05, 3.63) is 52.0 Å². The first-order valence-electron chi connectivity index (χ1n) is 8.62. The molecule has 7 heteroatoms. The maximum absolute atomic E-state index is 12.8. The third-order valence-electron chi connectivity index (χ3n) is 4.62. The molecule has 0 saturated carbocycles. The Balaban J connectivity index is 1.74. The number of nitrogens with zero attached hydrogens (tertiary/aromatic N) is 1. The molecule has 2 aromatic carbocycles. The zero-order valence-electron chi connectivity index (χ0n) is 15.2. The van der Waals surface area contributed by atoms with Crippen molar-refractivity contribution in [2.24, 2.45) is 0 Å². The first-order chi connectivity index (χ1) is 13.0. The molecule has 2 aromatic rings. The number of halogens is 2. The molecule has 1 fully saturated rings. The lowest BCUT2D eigenvalue weighted by Crippen LogP contribution is -2.34. The molecule has 1 saturated heterocycles. The van der Waals surface area contributed by atoms with Crippen LogP contribution in [-0.4, -0.2) is 38.2 Å². The zero-order valence-corrected chi connectivity index (χ0v) is 16.7. The Morgan fingerprint density at radius 3 is 2.67 bits per heavy atom. The van der Waals surface area contributed by atoms with Crippen molar-refractivity contribution < 1.29 is 19.0 Å². The molecule has 1 aliphatic heterocycles. The van der Waals surface area contributed by atoms with Crippen LogP contribution in [0.2, 0.25) is 10.0 Å². The van der Waals surface area contributed by atoms with E-state index in [4.69, 9.17) is 37.4 Å². The van der Waals surface area contributed by atoms with Crippen molar-refractivity contribution in [1.29, 1.82) is 0 Å². The normalized spacial score (nSPS) is 16.3. The predicted octanol–water partition coefficient (Wildman–Crippen LogP) is 4.75. The third kappa shape index (κ3) is 4.42. The van der Waals surface area contributed by atoms with Crippen LogP contribution in [0.1, 0.15) is 24.4 Å². The molecule has 0 N–H and O–H groups in total. The number of hydrogen-bond donors (Lipinski definition) is 0. The third-order valence-corrected chi connectivity index (χ3v) is 5.16. The molecule has 3 rings (SSSR count). The minimum absolute atomic E-state index is 0.0585. The number of carbonyl (C=O) groups is 1. The minimum Gasteiger partial charge on any atom is -0.497 e. The summed E-state index contributed by atoms with van der Waals surface area (Å²) in [6.07, 6.45) is 1.79. The lowest BCUT2D eigenvalue weighted by molar-refractivity contribution is -0.134. The van der Waals surface area contributed by atoms with Crippen molar-refractivity contribution in [2.45, 2.75) is 18.9 Å². The molecule has 144 valence electrons. The Bertz CT molecular complexity index is 828. The quantitative estimate of drug-likeness (QED) is 0.690. The smallest absolute Gasteiger partial charge is 0.261 e. The number of carbonyl (C=O) groups excluding carboxylic acids is 1. The van der Waals surface area contributed by atoms with Crippen LogP contribution in [0.25, 0.3) is 0 Å². The van der Waals surface area contributed by atoms with E-state index in [1.807, 2.05) is 23.1 Å². The van der Waals surface area contributed by atoms with E-state index in [0.717, 1.165) is 18.4 Å². The molecule has 1 heterocycles. The van der Waals surface area contributed by atoms with E-state index in [1.54, 1.807) is 32.4 Å². The number of rotatable bonds is 6. The Morgan fingerprint density at radius 2 is 1.93 bits per heavy atom. The van der Waals surface area contributed by atoms with Crippen LogP contribution in [-0.2, 0) is 4.79 Å². The molecule has 5 nitrogen and oxygen atoms in total. The van der Waals surface area contributed by atoms with Crippen LogP contribution in [0, 0.1) is 0 Å². The second-order valence-corrected chi connectivity index (χ2v) is 7.06. The van der Waals surface area contributed by atoms with Gasteiger partial charge >= 0.3 is 0 Å². The number of ether oxygens (including phenoxy) is 3. The van der Waals surface area contributed by atoms with Gasteiger partial charge in [-0.15, -0.1) is 0 Å². The largest absolute Gasteiger partial charge is 0.497 e. The molecular weight excluding hydrogens is 389 g/mol. The second-order valence-electron chi connectivity index (χ2n) is 6.22. The molecule has 0 radical (unpaired) electrons. The highest BCUT2D eigenvalue weighted by molar-refractivity contribution is 6.34. The number of benzene rings is 2. The number of methoxy groups -OCH3 is 2. The van der Waals surface area contributed by atoms with Gasteiger partial charge in [-0.2, -0.15) is 0 Å². The van der Waals surface area contributed by atoms with Gasteiger partial charge in [0.2, 0.25) is 0 Å². The highest BCUT2D eigenvalue weighted by atomic mass is 35.5. The molecule has 1 atom stereocenters. The van der Waals surface area contributed by atoms with Crippen molar-refractivity contribution in [2.75, 3.05) is 27.4 Å². The van der Waals surface area contributed by atoms with E-state index >= 15 is 0 Å². The fraction of sp³-hybridized carbons (Fsp3) is 0.350. The van der Waals surface area contributed by atoms with Gasteiger partial charge in [0.05, 0.1) is 25.3 Å². The number of amides is 1. The molecular formula is C20H21Cl2NO4. The van der Waals surface area contributed by atoms with Crippen LogP contribution in [0.5, 0.6) is 17.2 Å². The number of hydrogen-bond acceptors (Lipinski definition) is 4. The van der Waals surface area contributed by atoms with E-state index in [1.165, 1.54) is 0 Å². The van der Waals surface area contributed by atoms with Crippen molar-refractivity contribution in [3.63, 3.8) is 0 Å². The zero-order chi connectivity index (χ0) is 19.4. The van der Waals surface area contributed by atoms with Crippen LogP contribution in [0.3, 0.4) is 0 Å². The summed E-state index contributed by atoms with van der Waals surface area (Å²) in [5.41, 5.74) is 0.963. The van der Waals surface area contributed by atoms with Gasteiger partial charge in [0, 0.05) is 29.3 Å². The Kier molecular flexibility index (Phi) is 6.34. The molecule has 0 aliphatic carbocycles. The van der Waals surface area contributed by atoms with Crippen LogP contribution in [0.15, 0.2) is 36.4 Å². The Hall–Kier alpha value is -2.11. The lowest BCUT2D eigenvalue weighted by Gasteiger charge is -2.26. The Labute approximate surface area is 168 Å². The summed E-state index contributed by atoms with van der Waals surface area (Å²) < 4.78 is 16.4. The summed E-state index contributed by atoms with van der Waals surface area (Å²) in [7, 11) is 3.22. The van der Waals surface area contributed by atoms with E-state index in [0.29, 0.717) is 33.8 Å². The van der Waals surface area contributed by atoms with Gasteiger partial charge < -0.3 is 19.1 Å². The fourth-order valence-corrected chi connectivity index (χ4v) is 3.63. The summed E-state index contributed by atoms with van der Waals surface area (Å²) in [5.74, 6) is 1.71. The highest BCUT2D eigenvalue weighted by Gasteiger charge is 2.32. The van der Waals surface area contributed by atoms with E-state index in [-0.39, 0.29) is 18.6 Å². The maximum Gasteiger partial charge on any atom is 0.261 e. The van der Waals surface area contributed by atoms with Crippen molar-refractivity contribution >= 4 is 29.1 Å². The first kappa shape index (κ1) is 19.6. The van der Waals surface area contributed by atoms with E-state index in [9.17, 15) is 4.79 Å². The fourth-order valence-electron chi connectivity index (χ4n) is 3.29. The van der Waals surface area contributed by atoms with Crippen LogP contribution < -0.4 is 14.2 Å². The monoisotopic (exact) mass is 409 g/mol. The van der Waals surface area contributed by atoms with E-state index < -0.39 is 0 Å². The summed E-state index contributed by atoms with van der Waals surface area (Å²) >= 11 is 12.1. The first-order valence-corrected chi connectivity index (χ1v) is 9.38. The van der Waals surface area contributed by atoms with Gasteiger partial charge in [0.1, 0.15) is 17.2 Å². The maximum atomic E-state index is 12.8. The minimum atomic E-state index is -0.105. The SMILES string of the molecule is COc1ccc([C@H]2CCCN2C(=O)COc2cc(Cl)ccc2Cl)c(OC)c1. The molecule has 27 heavy (non-hydrogen) atoms. The molecule has 0 aromatic heterocycles. The van der Waals surface area contributed by atoms with Crippen LogP contribution >= 0.6 is 23.2 Å². The van der Waals surface area contributed by atoms with Crippen molar-refractivity contribution in [3.8, 4) is 17.2 Å². The van der Waals surface area contributed by atoms with Crippen LogP contribution in [0.4, 0.5) is 0 Å². The molecule has 0 bridgehead atoms. The second kappa shape index (κ2) is 8.72. The predicted molar refractivity (Wildman–Crippen MR) is 105 cm³/mol. The molecule has 0 spiro atoms. The number of likely N-dealkylation sites (tertiary alicyclic amines) is 1. The topological polar surface area (TPSA) is 48.0 Å². The average molecular weight is 410 g/mol. The Morgan fingerprint density at radius 1 is 1.11 bits per heavy atom. The van der Waals surface area contributed by atoms with Gasteiger partial charge in [0.15, 0.2) is 6.61 Å². The molecule has 1 aliphatic rings. The van der Waals surface area contributed by atoms with Gasteiger partial charge in [0.25, 0.3) is 5.91 Å². The van der Waals surface area contributed by atoms with Gasteiger partial charge in [-0.1, -0.05) is 23.2 Å². The molecule has 1 amide bonds. The van der Waals surface area contributed by atoms with Crippen molar-refractivity contribution in [1.82, 2.24) is 4.90 Å². The van der Waals surface area contributed by atoms with E-state index in [2.05, 4.69) is 0 Å². The summed E-state index contributed by atoms with van der Waals surface area (Å²) in [6, 6.07) is 10.5. The van der Waals surface area contributed by atoms with Gasteiger partial charge in [-0.25, -0.2) is 0 Å². The highest BCUT2D eigenvalue weighted by Crippen LogP contribution is 2.38. The lowest BCUT2D eigenvalue weighted by atomic mass is 10.0.